The van der Waals surface area contributed by atoms with Gasteiger partial charge >= 0.3 is 0 Å². The molecule has 1 aromatic carbocycles. The summed E-state index contributed by atoms with van der Waals surface area (Å²) in [6.07, 6.45) is 3.27. The van der Waals surface area contributed by atoms with Crippen molar-refractivity contribution in [2.45, 2.75) is 13.0 Å². The van der Waals surface area contributed by atoms with Crippen LogP contribution in [0.5, 0.6) is 0 Å². The third kappa shape index (κ3) is 3.42. The quantitative estimate of drug-likeness (QED) is 0.802. The Balaban J connectivity index is 1.73. The summed E-state index contributed by atoms with van der Waals surface area (Å²) in [6.45, 7) is 1.77. The summed E-state index contributed by atoms with van der Waals surface area (Å²) >= 11 is 0. The molecule has 0 aliphatic carbocycles. The van der Waals surface area contributed by atoms with Gasteiger partial charge in [0.15, 0.2) is 11.5 Å². The second-order valence-electron chi connectivity index (χ2n) is 5.07. The van der Waals surface area contributed by atoms with E-state index in [1.807, 2.05) is 6.07 Å². The fraction of sp³-hybridized carbons (Fsp3) is 0.118. The molecule has 3 aromatic rings. The molecule has 0 fully saturated rings. The van der Waals surface area contributed by atoms with Gasteiger partial charge in [-0.05, 0) is 36.8 Å². The molecule has 0 radical (unpaired) electrons. The largest absolute Gasteiger partial charge is 0.355 e. The third-order valence-corrected chi connectivity index (χ3v) is 3.39. The Morgan fingerprint density at radius 1 is 1.26 bits per heavy atom. The number of carbonyl (C=O) groups is 1. The molecule has 6 heteroatoms. The molecule has 116 valence electrons. The molecular formula is C17H14FN3O2. The lowest BCUT2D eigenvalue weighted by Gasteiger charge is -2.13. The number of halogens is 1. The van der Waals surface area contributed by atoms with E-state index in [-0.39, 0.29) is 23.5 Å². The average molecular weight is 311 g/mol. The number of nitrogens with one attached hydrogen (secondary N) is 1. The maximum absolute atomic E-state index is 13.2. The first-order valence-corrected chi connectivity index (χ1v) is 7.07. The van der Waals surface area contributed by atoms with Crippen molar-refractivity contribution in [3.63, 3.8) is 0 Å². The Morgan fingerprint density at radius 2 is 2.13 bits per heavy atom. The fourth-order valence-corrected chi connectivity index (χ4v) is 2.16. The Kier molecular flexibility index (Phi) is 4.14. The van der Waals surface area contributed by atoms with E-state index >= 15 is 0 Å². The molecule has 0 aliphatic heterocycles. The second kappa shape index (κ2) is 6.39. The Labute approximate surface area is 132 Å². The monoisotopic (exact) mass is 311 g/mol. The maximum Gasteiger partial charge on any atom is 0.273 e. The Bertz CT molecular complexity index is 817. The van der Waals surface area contributed by atoms with Crippen LogP contribution in [0, 0.1) is 5.82 Å². The van der Waals surface area contributed by atoms with Gasteiger partial charge in [0, 0.05) is 24.0 Å². The maximum atomic E-state index is 13.2. The summed E-state index contributed by atoms with van der Waals surface area (Å²) in [5, 5.41) is 6.53. The zero-order valence-electron chi connectivity index (χ0n) is 12.4. The van der Waals surface area contributed by atoms with E-state index in [0.717, 1.165) is 5.56 Å². The summed E-state index contributed by atoms with van der Waals surface area (Å²) < 4.78 is 18.4. The Morgan fingerprint density at radius 3 is 2.87 bits per heavy atom. The molecule has 0 saturated heterocycles. The fourth-order valence-electron chi connectivity index (χ4n) is 2.16. The molecule has 5 nitrogen and oxygen atoms in total. The summed E-state index contributed by atoms with van der Waals surface area (Å²) in [4.78, 5) is 16.2. The van der Waals surface area contributed by atoms with Crippen LogP contribution >= 0.6 is 0 Å². The average Bonchev–Trinajstić information content (AvgIpc) is 3.06. The van der Waals surface area contributed by atoms with Gasteiger partial charge in [-0.3, -0.25) is 9.78 Å². The number of benzene rings is 1. The minimum atomic E-state index is -0.388. The van der Waals surface area contributed by atoms with E-state index in [9.17, 15) is 9.18 Å². The van der Waals surface area contributed by atoms with E-state index in [2.05, 4.69) is 15.5 Å². The molecule has 3 rings (SSSR count). The van der Waals surface area contributed by atoms with Crippen LogP contribution in [0.25, 0.3) is 11.3 Å². The number of aromatic nitrogens is 2. The van der Waals surface area contributed by atoms with Gasteiger partial charge in [0.2, 0.25) is 0 Å². The SMILES string of the molecule is C[C@H](NC(=O)c1cc(-c2cccnc2)on1)c1cccc(F)c1. The molecule has 0 saturated carbocycles. The molecule has 0 aliphatic rings. The van der Waals surface area contributed by atoms with E-state index in [1.54, 1.807) is 43.6 Å². The van der Waals surface area contributed by atoms with Gasteiger partial charge in [-0.2, -0.15) is 0 Å². The van der Waals surface area contributed by atoms with Gasteiger partial charge < -0.3 is 9.84 Å². The number of nitrogens with zero attached hydrogens (tertiary/aromatic N) is 2. The van der Waals surface area contributed by atoms with Crippen LogP contribution in [0.2, 0.25) is 0 Å². The molecule has 2 aromatic heterocycles. The lowest BCUT2D eigenvalue weighted by Crippen LogP contribution is -2.26. The van der Waals surface area contributed by atoms with Crippen molar-refractivity contribution >= 4 is 5.91 Å². The molecular weight excluding hydrogens is 297 g/mol. The van der Waals surface area contributed by atoms with Crippen LogP contribution < -0.4 is 5.32 Å². The van der Waals surface area contributed by atoms with Crippen LogP contribution in [-0.4, -0.2) is 16.0 Å². The molecule has 2 heterocycles. The highest BCUT2D eigenvalue weighted by Crippen LogP contribution is 2.20. The smallest absolute Gasteiger partial charge is 0.273 e. The molecule has 0 spiro atoms. The van der Waals surface area contributed by atoms with E-state index in [4.69, 9.17) is 4.52 Å². The minimum Gasteiger partial charge on any atom is -0.355 e. The van der Waals surface area contributed by atoms with Gasteiger partial charge in [0.1, 0.15) is 5.82 Å². The first-order chi connectivity index (χ1) is 11.1. The van der Waals surface area contributed by atoms with Gasteiger partial charge in [-0.15, -0.1) is 0 Å². The topological polar surface area (TPSA) is 68.0 Å². The van der Waals surface area contributed by atoms with Crippen molar-refractivity contribution in [3.05, 3.63) is 71.9 Å². The predicted molar refractivity (Wildman–Crippen MR) is 82.0 cm³/mol. The number of hydrogen-bond donors (Lipinski definition) is 1. The second-order valence-corrected chi connectivity index (χ2v) is 5.07. The summed E-state index contributed by atoms with van der Waals surface area (Å²) in [6, 6.07) is 10.9. The first-order valence-electron chi connectivity index (χ1n) is 7.07. The number of pyridine rings is 1. The highest BCUT2D eigenvalue weighted by Gasteiger charge is 2.16. The molecule has 0 bridgehead atoms. The molecule has 1 N–H and O–H groups in total. The highest BCUT2D eigenvalue weighted by molar-refractivity contribution is 5.93. The zero-order chi connectivity index (χ0) is 16.2. The number of rotatable bonds is 4. The number of hydrogen-bond acceptors (Lipinski definition) is 4. The number of carbonyl (C=O) groups excluding carboxylic acids is 1. The van der Waals surface area contributed by atoms with E-state index in [0.29, 0.717) is 11.3 Å². The van der Waals surface area contributed by atoms with Crippen LogP contribution in [0.4, 0.5) is 4.39 Å². The van der Waals surface area contributed by atoms with Crippen LogP contribution in [-0.2, 0) is 0 Å². The van der Waals surface area contributed by atoms with Gasteiger partial charge in [-0.1, -0.05) is 17.3 Å². The first kappa shape index (κ1) is 14.9. The van der Waals surface area contributed by atoms with Crippen molar-refractivity contribution in [2.75, 3.05) is 0 Å². The molecule has 0 unspecified atom stereocenters. The van der Waals surface area contributed by atoms with Gasteiger partial charge in [0.25, 0.3) is 5.91 Å². The highest BCUT2D eigenvalue weighted by atomic mass is 19.1. The van der Waals surface area contributed by atoms with Crippen LogP contribution in [0.3, 0.4) is 0 Å². The third-order valence-electron chi connectivity index (χ3n) is 3.39. The van der Waals surface area contributed by atoms with E-state index in [1.165, 1.54) is 12.1 Å². The predicted octanol–water partition coefficient (Wildman–Crippen LogP) is 3.37. The lowest BCUT2D eigenvalue weighted by atomic mass is 10.1. The van der Waals surface area contributed by atoms with Crippen molar-refractivity contribution in [1.29, 1.82) is 0 Å². The van der Waals surface area contributed by atoms with Gasteiger partial charge in [0.05, 0.1) is 6.04 Å². The van der Waals surface area contributed by atoms with Crippen molar-refractivity contribution in [3.8, 4) is 11.3 Å². The number of amides is 1. The zero-order valence-corrected chi connectivity index (χ0v) is 12.4. The lowest BCUT2D eigenvalue weighted by molar-refractivity contribution is 0.0930. The summed E-state index contributed by atoms with van der Waals surface area (Å²) in [7, 11) is 0. The van der Waals surface area contributed by atoms with Crippen LogP contribution in [0.15, 0.2) is 59.4 Å². The van der Waals surface area contributed by atoms with Crippen molar-refractivity contribution < 1.29 is 13.7 Å². The standard InChI is InChI=1S/C17H14FN3O2/c1-11(12-4-2-6-14(18)8-12)20-17(22)15-9-16(23-21-15)13-5-3-7-19-10-13/h2-11H,1H3,(H,20,22)/t11-/m0/s1. The van der Waals surface area contributed by atoms with Gasteiger partial charge in [-0.25, -0.2) is 4.39 Å². The normalized spacial score (nSPS) is 11.9. The summed E-state index contributed by atoms with van der Waals surface area (Å²) in [5.41, 5.74) is 1.57. The van der Waals surface area contributed by atoms with E-state index < -0.39 is 0 Å². The molecule has 23 heavy (non-hydrogen) atoms. The molecule has 1 amide bonds. The van der Waals surface area contributed by atoms with Crippen molar-refractivity contribution in [1.82, 2.24) is 15.5 Å². The minimum absolute atomic E-state index is 0.159. The van der Waals surface area contributed by atoms with Crippen molar-refractivity contribution in [2.24, 2.45) is 0 Å². The summed E-state index contributed by atoms with van der Waals surface area (Å²) in [5.74, 6) is -0.272. The Hall–Kier alpha value is -3.02. The van der Waals surface area contributed by atoms with Crippen LogP contribution in [0.1, 0.15) is 29.0 Å². The molecule has 1 atom stereocenters.